The van der Waals surface area contributed by atoms with Crippen LogP contribution in [0.3, 0.4) is 0 Å². The van der Waals surface area contributed by atoms with Gasteiger partial charge in [0, 0.05) is 0 Å². The summed E-state index contributed by atoms with van der Waals surface area (Å²) in [6, 6.07) is 30.4. The summed E-state index contributed by atoms with van der Waals surface area (Å²) >= 11 is 4.74. The first-order valence-corrected chi connectivity index (χ1v) is 22.1. The molecule has 1 aliphatic heterocycles. The molecule has 0 unspecified atom stereocenters. The summed E-state index contributed by atoms with van der Waals surface area (Å²) < 4.78 is 4.93. The van der Waals surface area contributed by atoms with Gasteiger partial charge in [-0.1, -0.05) is 35.9 Å². The third-order valence-corrected chi connectivity index (χ3v) is 13.8. The van der Waals surface area contributed by atoms with Crippen LogP contribution in [0.2, 0.25) is 0 Å². The van der Waals surface area contributed by atoms with Gasteiger partial charge in [-0.3, -0.25) is 4.79 Å². The van der Waals surface area contributed by atoms with E-state index in [2.05, 4.69) is 133 Å². The average Bonchev–Trinajstić information content (AvgIpc) is 3.67. The van der Waals surface area contributed by atoms with Gasteiger partial charge in [0.25, 0.3) is 0 Å². The van der Waals surface area contributed by atoms with Crippen LogP contribution in [-0.2, 0) is 16.1 Å². The molecule has 0 saturated heterocycles. The smallest absolute Gasteiger partial charge is 0.0514 e. The van der Waals surface area contributed by atoms with E-state index in [0.29, 0.717) is 12.3 Å². The molecule has 0 radical (unpaired) electrons. The van der Waals surface area contributed by atoms with Crippen LogP contribution in [0.5, 0.6) is 0 Å². The quantitative estimate of drug-likeness (QED) is 0.0441. The summed E-state index contributed by atoms with van der Waals surface area (Å²) in [4.78, 5) is 25.7. The first-order valence-electron chi connectivity index (χ1n) is 17.3. The number of nitrogens with zero attached hydrogens (tertiary/aromatic N) is 2. The number of rotatable bonds is 16. The number of benzene rings is 4. The van der Waals surface area contributed by atoms with Crippen molar-refractivity contribution in [3.05, 3.63) is 142 Å². The normalized spacial score (nSPS) is 13.7. The summed E-state index contributed by atoms with van der Waals surface area (Å²) in [5.74, 6) is 0.0632. The number of aryl methyl sites for hydroxylation is 3. The molecular weight excluding hydrogens is 784 g/mol. The van der Waals surface area contributed by atoms with E-state index in [-0.39, 0.29) is 26.0 Å². The van der Waals surface area contributed by atoms with Crippen molar-refractivity contribution in [3.63, 3.8) is 0 Å². The average molecular weight is 825 g/mol. The fourth-order valence-electron chi connectivity index (χ4n) is 6.02. The fraction of sp³-hybridized carbons (Fsp3) is 0.186. The molecule has 10 heteroatoms. The van der Waals surface area contributed by atoms with Gasteiger partial charge in [-0.15, -0.1) is 11.8 Å². The van der Waals surface area contributed by atoms with Gasteiger partial charge in [0.15, 0.2) is 0 Å². The summed E-state index contributed by atoms with van der Waals surface area (Å²) in [5.41, 5.74) is 9.59. The number of thioether (sulfide) groups is 3. The molecule has 0 fully saturated rings. The van der Waals surface area contributed by atoms with Crippen LogP contribution in [0.1, 0.15) is 15.7 Å². The van der Waals surface area contributed by atoms with Gasteiger partial charge in [-0.05, 0) is 18.1 Å². The number of aromatic nitrogens is 1. The van der Waals surface area contributed by atoms with Crippen LogP contribution in [0, 0.1) is 13.8 Å². The van der Waals surface area contributed by atoms with Crippen LogP contribution in [-0.4, -0.2) is 66.2 Å². The molecule has 0 bridgehead atoms. The minimum atomic E-state index is -0.793. The first-order chi connectivity index (χ1) is 25.7. The van der Waals surface area contributed by atoms with E-state index < -0.39 is 11.9 Å². The van der Waals surface area contributed by atoms with E-state index in [1.807, 2.05) is 18.2 Å². The van der Waals surface area contributed by atoms with Gasteiger partial charge in [0.05, 0.1) is 5.75 Å². The SMILES string of the molecule is Cc1cccc(-c2ccc3c(c2)N(CCSCC(=O)O)/C(=C/C=C/C=C/C=C/c2[se]c4cc(-c5cccc(C)c5)ccc4[n+]2CCSCC(=O)O)S3)c1. The number of allylic oxidation sites excluding steroid dienone is 6. The molecular formula is C43H41N2O4S3Se+. The number of hydrogen-bond acceptors (Lipinski definition) is 6. The molecule has 1 aromatic heterocycles. The molecule has 5 aromatic rings. The number of aliphatic carboxylic acids is 2. The maximum atomic E-state index is 11.1. The standard InChI is InChI=1S/C43H40N2O4S3Se/c1-30-10-8-12-32(24-30)34-17-19-38-37(26-34)44(20-22-50-28-42(46)47)40(52-38)14-6-4-3-5-7-15-41-45(21-23-51-29-43(48)49)36-18-16-35(27-39(36)53-41)33-13-9-11-31(2)25-33/h3-19,24-27H,20-23,28-29H2,1-2H3,(H-,46,47,48,49)/p+1. The zero-order chi connectivity index (χ0) is 37.2. The molecule has 1 aliphatic rings. The molecule has 0 saturated carbocycles. The van der Waals surface area contributed by atoms with Gasteiger partial charge in [-0.25, -0.2) is 0 Å². The Kier molecular flexibility index (Phi) is 13.6. The van der Waals surface area contributed by atoms with E-state index in [0.717, 1.165) is 28.6 Å². The summed E-state index contributed by atoms with van der Waals surface area (Å²) in [6.45, 7) is 5.69. The van der Waals surface area contributed by atoms with E-state index in [1.165, 1.54) is 70.6 Å². The largest absolute Gasteiger partial charge is 0.0514 e. The molecule has 270 valence electrons. The van der Waals surface area contributed by atoms with Crippen LogP contribution in [0.25, 0.3) is 38.1 Å². The Bertz CT molecular complexity index is 2240. The van der Waals surface area contributed by atoms with Crippen molar-refractivity contribution in [2.75, 3.05) is 34.5 Å². The van der Waals surface area contributed by atoms with Gasteiger partial charge >= 0.3 is 250 Å². The Morgan fingerprint density at radius 2 is 1.38 bits per heavy atom. The Labute approximate surface area is 329 Å². The van der Waals surface area contributed by atoms with Crippen molar-refractivity contribution >= 4 is 83.3 Å². The number of fused-ring (bicyclic) bond motifs is 2. The Hall–Kier alpha value is -4.18. The summed E-state index contributed by atoms with van der Waals surface area (Å²) in [7, 11) is 0. The van der Waals surface area contributed by atoms with Gasteiger partial charge in [0.1, 0.15) is 0 Å². The first kappa shape index (κ1) is 38.5. The molecule has 6 nitrogen and oxygen atoms in total. The molecule has 0 atom stereocenters. The summed E-state index contributed by atoms with van der Waals surface area (Å²) in [6.07, 6.45) is 14.5. The predicted molar refractivity (Wildman–Crippen MR) is 226 cm³/mol. The van der Waals surface area contributed by atoms with Crippen molar-refractivity contribution in [2.24, 2.45) is 0 Å². The summed E-state index contributed by atoms with van der Waals surface area (Å²) in [5, 5.41) is 19.4. The van der Waals surface area contributed by atoms with E-state index in [9.17, 15) is 9.59 Å². The minimum Gasteiger partial charge on any atom is -0.0514 e. The third kappa shape index (κ3) is 10.5. The topological polar surface area (TPSA) is 81.7 Å². The van der Waals surface area contributed by atoms with Crippen molar-refractivity contribution in [1.29, 1.82) is 0 Å². The number of carboxylic acids is 2. The fourth-order valence-corrected chi connectivity index (χ4v) is 10.8. The number of anilines is 1. The van der Waals surface area contributed by atoms with Gasteiger partial charge in [0.2, 0.25) is 0 Å². The Morgan fingerprint density at radius 1 is 0.755 bits per heavy atom. The number of carboxylic acid groups (broad SMARTS) is 2. The maximum absolute atomic E-state index is 11.1. The second-order valence-corrected chi connectivity index (χ2v) is 18.0. The molecule has 0 aliphatic carbocycles. The van der Waals surface area contributed by atoms with Gasteiger partial charge < -0.3 is 5.11 Å². The number of carbonyl (C=O) groups is 2. The Morgan fingerprint density at radius 3 is 2.08 bits per heavy atom. The molecule has 6 rings (SSSR count). The second kappa shape index (κ2) is 18.7. The maximum Gasteiger partial charge on any atom is -0.0514 e. The van der Waals surface area contributed by atoms with E-state index in [4.69, 9.17) is 10.2 Å². The zero-order valence-corrected chi connectivity index (χ0v) is 33.8. The van der Waals surface area contributed by atoms with E-state index >= 15 is 0 Å². The monoisotopic (exact) mass is 825 g/mol. The third-order valence-electron chi connectivity index (χ3n) is 8.46. The van der Waals surface area contributed by atoms with Crippen LogP contribution >= 0.6 is 35.3 Å². The minimum absolute atomic E-state index is 0.0939. The van der Waals surface area contributed by atoms with Crippen molar-refractivity contribution < 1.29 is 24.4 Å². The van der Waals surface area contributed by atoms with Crippen molar-refractivity contribution in [1.82, 2.24) is 0 Å². The van der Waals surface area contributed by atoms with Crippen molar-refractivity contribution in [2.45, 2.75) is 25.3 Å². The molecule has 4 aromatic carbocycles. The van der Waals surface area contributed by atoms with Crippen LogP contribution < -0.4 is 9.47 Å². The Balaban J connectivity index is 1.18. The zero-order valence-electron chi connectivity index (χ0n) is 29.6. The van der Waals surface area contributed by atoms with Crippen molar-refractivity contribution in [3.8, 4) is 22.3 Å². The van der Waals surface area contributed by atoms with Crippen LogP contribution in [0.15, 0.2) is 131 Å². The predicted octanol–water partition coefficient (Wildman–Crippen LogP) is 9.35. The molecule has 53 heavy (non-hydrogen) atoms. The molecule has 0 amide bonds. The molecule has 2 N–H and O–H groups in total. The second-order valence-electron chi connectivity index (χ2n) is 12.5. The van der Waals surface area contributed by atoms with Gasteiger partial charge in [-0.2, -0.15) is 0 Å². The van der Waals surface area contributed by atoms with E-state index in [1.54, 1.807) is 11.8 Å². The van der Waals surface area contributed by atoms with Crippen LogP contribution in [0.4, 0.5) is 5.69 Å². The molecule has 2 heterocycles. The number of hydrogen-bond donors (Lipinski definition) is 2. The molecule has 0 spiro atoms.